The van der Waals surface area contributed by atoms with Crippen LogP contribution in [0.15, 0.2) is 48.7 Å². The molecule has 2 aromatic heterocycles. The van der Waals surface area contributed by atoms with Crippen LogP contribution in [-0.4, -0.2) is 31.8 Å². The molecule has 0 radical (unpaired) electrons. The Hall–Kier alpha value is -3.49. The van der Waals surface area contributed by atoms with E-state index in [4.69, 9.17) is 23.2 Å². The van der Waals surface area contributed by atoms with Crippen molar-refractivity contribution in [3.8, 4) is 5.82 Å². The van der Waals surface area contributed by atoms with Gasteiger partial charge in [0, 0.05) is 17.3 Å². The molecule has 180 valence electrons. The fraction of sp³-hybridized carbons (Fsp3) is 0.240. The van der Waals surface area contributed by atoms with E-state index in [0.29, 0.717) is 22.5 Å². The number of nitrogens with one attached hydrogen (secondary N) is 2. The number of aromatic nitrogens is 4. The first-order valence-corrected chi connectivity index (χ1v) is 11.7. The molecule has 2 aromatic carbocycles. The van der Waals surface area contributed by atoms with Crippen LogP contribution >= 0.6 is 23.2 Å². The minimum absolute atomic E-state index is 0.128. The van der Waals surface area contributed by atoms with Crippen molar-refractivity contribution >= 4 is 51.6 Å². The maximum absolute atomic E-state index is 13.2. The molecular weight excluding hydrogens is 487 g/mol. The van der Waals surface area contributed by atoms with E-state index in [9.17, 15) is 9.59 Å². The molecule has 0 atom stereocenters. The van der Waals surface area contributed by atoms with E-state index < -0.39 is 11.3 Å². The summed E-state index contributed by atoms with van der Waals surface area (Å²) in [6.07, 6.45) is 1.65. The van der Waals surface area contributed by atoms with Gasteiger partial charge in [0.25, 0.3) is 5.91 Å². The lowest BCUT2D eigenvalue weighted by Crippen LogP contribution is -2.34. The van der Waals surface area contributed by atoms with Gasteiger partial charge in [0.05, 0.1) is 38.7 Å². The molecule has 10 heteroatoms. The van der Waals surface area contributed by atoms with Crippen LogP contribution in [0.3, 0.4) is 0 Å². The Morgan fingerprint density at radius 1 is 1.03 bits per heavy atom. The summed E-state index contributed by atoms with van der Waals surface area (Å²) in [5.41, 5.74) is 2.25. The van der Waals surface area contributed by atoms with E-state index in [2.05, 4.69) is 25.9 Å². The van der Waals surface area contributed by atoms with Crippen LogP contribution in [-0.2, 0) is 11.3 Å². The van der Waals surface area contributed by atoms with Gasteiger partial charge >= 0.3 is 0 Å². The van der Waals surface area contributed by atoms with Crippen molar-refractivity contribution in [2.24, 2.45) is 5.41 Å². The number of carbonyl (C=O) groups excluding carboxylic acids is 2. The minimum Gasteiger partial charge on any atom is -0.352 e. The Morgan fingerprint density at radius 3 is 2.49 bits per heavy atom. The number of halogens is 2. The van der Waals surface area contributed by atoms with Crippen LogP contribution in [0.1, 0.15) is 42.4 Å². The molecule has 0 bridgehead atoms. The highest BCUT2D eigenvalue weighted by atomic mass is 35.5. The second-order valence-corrected chi connectivity index (χ2v) is 9.90. The van der Waals surface area contributed by atoms with Gasteiger partial charge in [-0.25, -0.2) is 4.68 Å². The number of anilines is 1. The molecule has 0 saturated carbocycles. The van der Waals surface area contributed by atoms with Crippen molar-refractivity contribution in [3.63, 3.8) is 0 Å². The number of hydrogen-bond donors (Lipinski definition) is 2. The molecule has 0 aliphatic rings. The van der Waals surface area contributed by atoms with Crippen LogP contribution < -0.4 is 10.6 Å². The van der Waals surface area contributed by atoms with Crippen LogP contribution in [0.2, 0.25) is 10.0 Å². The van der Waals surface area contributed by atoms with E-state index in [-0.39, 0.29) is 28.1 Å². The summed E-state index contributed by atoms with van der Waals surface area (Å²) in [7, 11) is 0. The van der Waals surface area contributed by atoms with Gasteiger partial charge in [0.1, 0.15) is 0 Å². The van der Waals surface area contributed by atoms with Crippen molar-refractivity contribution in [3.05, 3.63) is 75.5 Å². The Labute approximate surface area is 212 Å². The Morgan fingerprint density at radius 2 is 1.80 bits per heavy atom. The number of hydrogen-bond acceptors (Lipinski definition) is 5. The Kier molecular flexibility index (Phi) is 6.78. The predicted molar refractivity (Wildman–Crippen MR) is 137 cm³/mol. The molecule has 0 saturated heterocycles. The van der Waals surface area contributed by atoms with Crippen LogP contribution in [0.25, 0.3) is 16.7 Å². The summed E-state index contributed by atoms with van der Waals surface area (Å²) in [6, 6.07) is 12.4. The number of benzene rings is 2. The van der Waals surface area contributed by atoms with E-state index in [1.54, 1.807) is 35.1 Å². The molecule has 2 N–H and O–H groups in total. The largest absolute Gasteiger partial charge is 0.352 e. The second kappa shape index (κ2) is 9.64. The van der Waals surface area contributed by atoms with Gasteiger partial charge in [-0.2, -0.15) is 10.2 Å². The fourth-order valence-corrected chi connectivity index (χ4v) is 4.02. The molecular formula is C25H24Cl2N6O2. The smallest absolute Gasteiger partial charge is 0.258 e. The molecule has 35 heavy (non-hydrogen) atoms. The molecule has 0 unspecified atom stereocenters. The lowest BCUT2D eigenvalue weighted by atomic mass is 9.95. The zero-order valence-corrected chi connectivity index (χ0v) is 21.2. The highest BCUT2D eigenvalue weighted by Crippen LogP contribution is 2.31. The number of rotatable bonds is 5. The van der Waals surface area contributed by atoms with Gasteiger partial charge in [-0.15, -0.1) is 5.10 Å². The van der Waals surface area contributed by atoms with Crippen LogP contribution in [0.4, 0.5) is 5.69 Å². The summed E-state index contributed by atoms with van der Waals surface area (Å²) in [5.74, 6) is -0.0407. The zero-order chi connectivity index (χ0) is 25.3. The molecule has 0 fully saturated rings. The molecule has 0 aliphatic heterocycles. The first-order chi connectivity index (χ1) is 16.6. The standard InChI is InChI=1S/C25H24Cl2N6O2/c1-14-8-11-20(32-31-14)33-19-7-5-6-18(16(19)13-29-33)30-23(34)21-17(26)10-9-15(22(21)27)12-28-24(35)25(2,3)4/h5-11,13H,12H2,1-4H3,(H,28,35)(H,30,34). The molecule has 0 spiro atoms. The predicted octanol–water partition coefficient (Wildman–Crippen LogP) is 5.35. The lowest BCUT2D eigenvalue weighted by Gasteiger charge is -2.18. The number of carbonyl (C=O) groups is 2. The lowest BCUT2D eigenvalue weighted by molar-refractivity contribution is -0.128. The molecule has 4 rings (SSSR count). The summed E-state index contributed by atoms with van der Waals surface area (Å²) >= 11 is 12.9. The van der Waals surface area contributed by atoms with Gasteiger partial charge in [-0.05, 0) is 42.8 Å². The second-order valence-electron chi connectivity index (χ2n) is 9.11. The molecule has 8 nitrogen and oxygen atoms in total. The first kappa shape index (κ1) is 24.6. The topological polar surface area (TPSA) is 102 Å². The number of aryl methyl sites for hydroxylation is 1. The molecule has 2 heterocycles. The third kappa shape index (κ3) is 5.13. The van der Waals surface area contributed by atoms with Gasteiger partial charge < -0.3 is 10.6 Å². The maximum atomic E-state index is 13.2. The van der Waals surface area contributed by atoms with Gasteiger partial charge in [-0.1, -0.05) is 56.1 Å². The Balaban J connectivity index is 1.62. The third-order valence-corrected chi connectivity index (χ3v) is 6.13. The van der Waals surface area contributed by atoms with Crippen LogP contribution in [0.5, 0.6) is 0 Å². The normalized spacial score (nSPS) is 11.5. The summed E-state index contributed by atoms with van der Waals surface area (Å²) in [5, 5.41) is 19.5. The van der Waals surface area contributed by atoms with Crippen LogP contribution in [0, 0.1) is 12.3 Å². The summed E-state index contributed by atoms with van der Waals surface area (Å²) in [6.45, 7) is 7.48. The first-order valence-electron chi connectivity index (χ1n) is 10.9. The monoisotopic (exact) mass is 510 g/mol. The van der Waals surface area contributed by atoms with Crippen molar-refractivity contribution in [1.29, 1.82) is 0 Å². The van der Waals surface area contributed by atoms with Crippen molar-refractivity contribution in [2.45, 2.75) is 34.2 Å². The van der Waals surface area contributed by atoms with Crippen molar-refractivity contribution in [2.75, 3.05) is 5.32 Å². The molecule has 2 amide bonds. The van der Waals surface area contributed by atoms with Crippen molar-refractivity contribution in [1.82, 2.24) is 25.3 Å². The van der Waals surface area contributed by atoms with E-state index in [1.807, 2.05) is 45.9 Å². The Bertz CT molecular complexity index is 1420. The zero-order valence-electron chi connectivity index (χ0n) is 19.7. The average Bonchev–Trinajstić information content (AvgIpc) is 3.23. The van der Waals surface area contributed by atoms with E-state index in [1.165, 1.54) is 0 Å². The van der Waals surface area contributed by atoms with Gasteiger partial charge in [0.15, 0.2) is 5.82 Å². The number of nitrogens with zero attached hydrogens (tertiary/aromatic N) is 4. The molecule has 0 aliphatic carbocycles. The summed E-state index contributed by atoms with van der Waals surface area (Å²) in [4.78, 5) is 25.5. The van der Waals surface area contributed by atoms with Gasteiger partial charge in [0.2, 0.25) is 5.91 Å². The van der Waals surface area contributed by atoms with E-state index >= 15 is 0 Å². The maximum Gasteiger partial charge on any atom is 0.258 e. The van der Waals surface area contributed by atoms with E-state index in [0.717, 1.165) is 11.2 Å². The van der Waals surface area contributed by atoms with Crippen molar-refractivity contribution < 1.29 is 9.59 Å². The fourth-order valence-electron chi connectivity index (χ4n) is 3.41. The molecule has 4 aromatic rings. The number of fused-ring (bicyclic) bond motifs is 1. The SMILES string of the molecule is Cc1ccc(-n2ncc3c(NC(=O)c4c(Cl)ccc(CNC(=O)C(C)(C)C)c4Cl)cccc32)nn1. The quantitative estimate of drug-likeness (QED) is 0.377. The average molecular weight is 511 g/mol. The number of amides is 2. The highest BCUT2D eigenvalue weighted by Gasteiger charge is 2.23. The minimum atomic E-state index is -0.549. The third-order valence-electron chi connectivity index (χ3n) is 5.38. The summed E-state index contributed by atoms with van der Waals surface area (Å²) < 4.78 is 1.65. The van der Waals surface area contributed by atoms with Gasteiger partial charge in [-0.3, -0.25) is 9.59 Å². The highest BCUT2D eigenvalue weighted by molar-refractivity contribution is 6.41.